The molecule has 0 aromatic heterocycles. The molecular weight excluding hydrogens is 294 g/mol. The van der Waals surface area contributed by atoms with Crippen molar-refractivity contribution in [3.63, 3.8) is 0 Å². The second-order valence-corrected chi connectivity index (χ2v) is 6.12. The number of unbranched alkanes of at least 4 members (excludes halogenated alkanes) is 1. The maximum atomic E-state index is 11.8. The number of carbonyl (C=O) groups excluding carboxylic acids is 1. The van der Waals surface area contributed by atoms with Crippen molar-refractivity contribution in [2.75, 3.05) is 19.8 Å². The molecule has 0 fully saturated rings. The van der Waals surface area contributed by atoms with Crippen molar-refractivity contribution < 1.29 is 22.1 Å². The summed E-state index contributed by atoms with van der Waals surface area (Å²) in [7, 11) is -3.79. The number of hydrogen-bond donors (Lipinski definition) is 1. The van der Waals surface area contributed by atoms with E-state index in [4.69, 9.17) is 8.92 Å². The molecule has 0 saturated carbocycles. The summed E-state index contributed by atoms with van der Waals surface area (Å²) in [6.45, 7) is 4.14. The average Bonchev–Trinajstić information content (AvgIpc) is 2.44. The van der Waals surface area contributed by atoms with Crippen molar-refractivity contribution in [1.29, 1.82) is 0 Å². The third kappa shape index (κ3) is 6.59. The predicted octanol–water partition coefficient (Wildman–Crippen LogP) is 2.23. The molecule has 0 atom stereocenters. The Bertz CT molecular complexity index is 539. The van der Waals surface area contributed by atoms with E-state index in [9.17, 15) is 13.2 Å². The molecule has 0 heterocycles. The Morgan fingerprint density at radius 2 is 1.86 bits per heavy atom. The largest absolute Gasteiger partial charge is 0.450 e. The lowest BCUT2D eigenvalue weighted by atomic mass is 10.2. The molecule has 1 aromatic rings. The first-order chi connectivity index (χ1) is 9.95. The van der Waals surface area contributed by atoms with E-state index in [1.807, 2.05) is 13.8 Å². The quantitative estimate of drug-likeness (QED) is 0.587. The van der Waals surface area contributed by atoms with Crippen LogP contribution < -0.4 is 5.32 Å². The van der Waals surface area contributed by atoms with Crippen LogP contribution in [0.15, 0.2) is 29.2 Å². The summed E-state index contributed by atoms with van der Waals surface area (Å²) in [5.41, 5.74) is 0.963. The predicted molar refractivity (Wildman–Crippen MR) is 78.6 cm³/mol. The zero-order valence-corrected chi connectivity index (χ0v) is 13.1. The van der Waals surface area contributed by atoms with Crippen LogP contribution in [-0.4, -0.2) is 34.3 Å². The maximum absolute atomic E-state index is 11.8. The van der Waals surface area contributed by atoms with Crippen molar-refractivity contribution in [2.45, 2.75) is 31.6 Å². The highest BCUT2D eigenvalue weighted by atomic mass is 32.2. The molecule has 0 aliphatic carbocycles. The first-order valence-corrected chi connectivity index (χ1v) is 8.23. The molecule has 0 saturated heterocycles. The molecule has 118 valence electrons. The van der Waals surface area contributed by atoms with Gasteiger partial charge in [-0.05, 0) is 25.5 Å². The van der Waals surface area contributed by atoms with Crippen LogP contribution in [0.25, 0.3) is 0 Å². The Labute approximate surface area is 125 Å². The van der Waals surface area contributed by atoms with Gasteiger partial charge in [0, 0.05) is 6.54 Å². The van der Waals surface area contributed by atoms with Gasteiger partial charge in [-0.25, -0.2) is 4.79 Å². The Kier molecular flexibility index (Phi) is 7.18. The number of carbonyl (C=O) groups is 1. The van der Waals surface area contributed by atoms with Gasteiger partial charge in [0.05, 0.1) is 18.1 Å². The van der Waals surface area contributed by atoms with Crippen molar-refractivity contribution >= 4 is 16.2 Å². The highest BCUT2D eigenvalue weighted by Gasteiger charge is 2.14. The summed E-state index contributed by atoms with van der Waals surface area (Å²) in [5, 5.41) is 2.42. The van der Waals surface area contributed by atoms with Gasteiger partial charge in [0.1, 0.15) is 0 Å². The van der Waals surface area contributed by atoms with E-state index in [0.717, 1.165) is 18.4 Å². The van der Waals surface area contributed by atoms with Gasteiger partial charge >= 0.3 is 6.09 Å². The van der Waals surface area contributed by atoms with Crippen LogP contribution in [0, 0.1) is 6.92 Å². The second-order valence-electron chi connectivity index (χ2n) is 4.51. The Morgan fingerprint density at radius 3 is 2.48 bits per heavy atom. The highest BCUT2D eigenvalue weighted by molar-refractivity contribution is 7.86. The summed E-state index contributed by atoms with van der Waals surface area (Å²) in [5.74, 6) is 0. The van der Waals surface area contributed by atoms with Crippen LogP contribution in [0.3, 0.4) is 0 Å². The van der Waals surface area contributed by atoms with Crippen LogP contribution in [0.5, 0.6) is 0 Å². The van der Waals surface area contributed by atoms with E-state index in [2.05, 4.69) is 5.32 Å². The minimum atomic E-state index is -3.79. The lowest BCUT2D eigenvalue weighted by Crippen LogP contribution is -2.29. The molecule has 21 heavy (non-hydrogen) atoms. The molecule has 1 N–H and O–H groups in total. The molecule has 0 spiro atoms. The van der Waals surface area contributed by atoms with Gasteiger partial charge in [-0.15, -0.1) is 0 Å². The van der Waals surface area contributed by atoms with Gasteiger partial charge in [0.2, 0.25) is 0 Å². The minimum absolute atomic E-state index is 0.0655. The Balaban J connectivity index is 2.31. The first kappa shape index (κ1) is 17.5. The van der Waals surface area contributed by atoms with Crippen LogP contribution >= 0.6 is 0 Å². The molecule has 0 aliphatic rings. The summed E-state index contributed by atoms with van der Waals surface area (Å²) in [6.07, 6.45) is 1.16. The summed E-state index contributed by atoms with van der Waals surface area (Å²) < 4.78 is 33.4. The molecule has 0 aliphatic heterocycles. The van der Waals surface area contributed by atoms with Gasteiger partial charge in [-0.1, -0.05) is 31.0 Å². The SMILES string of the molecule is CCCCOC(=O)NCCOS(=O)(=O)c1ccc(C)cc1. The summed E-state index contributed by atoms with van der Waals surface area (Å²) >= 11 is 0. The van der Waals surface area contributed by atoms with Gasteiger partial charge in [-0.3, -0.25) is 4.18 Å². The summed E-state index contributed by atoms with van der Waals surface area (Å²) in [4.78, 5) is 11.3. The Hall–Kier alpha value is -1.60. The highest BCUT2D eigenvalue weighted by Crippen LogP contribution is 2.12. The minimum Gasteiger partial charge on any atom is -0.450 e. The fraction of sp³-hybridized carbons (Fsp3) is 0.500. The van der Waals surface area contributed by atoms with Gasteiger partial charge in [-0.2, -0.15) is 8.42 Å². The molecule has 1 amide bonds. The lowest BCUT2D eigenvalue weighted by Gasteiger charge is -2.08. The average molecular weight is 315 g/mol. The van der Waals surface area contributed by atoms with E-state index >= 15 is 0 Å². The van der Waals surface area contributed by atoms with Crippen molar-refractivity contribution in [3.05, 3.63) is 29.8 Å². The number of alkyl carbamates (subject to hydrolysis) is 1. The van der Waals surface area contributed by atoms with Crippen LogP contribution in [-0.2, 0) is 19.0 Å². The molecule has 0 bridgehead atoms. The maximum Gasteiger partial charge on any atom is 0.407 e. The van der Waals surface area contributed by atoms with E-state index < -0.39 is 16.2 Å². The Morgan fingerprint density at radius 1 is 1.19 bits per heavy atom. The number of hydrogen-bond acceptors (Lipinski definition) is 5. The first-order valence-electron chi connectivity index (χ1n) is 6.82. The van der Waals surface area contributed by atoms with E-state index in [-0.39, 0.29) is 18.0 Å². The van der Waals surface area contributed by atoms with Gasteiger partial charge in [0.25, 0.3) is 10.1 Å². The van der Waals surface area contributed by atoms with E-state index in [1.54, 1.807) is 12.1 Å². The molecule has 1 aromatic carbocycles. The second kappa shape index (κ2) is 8.63. The monoisotopic (exact) mass is 315 g/mol. The zero-order valence-electron chi connectivity index (χ0n) is 12.3. The fourth-order valence-corrected chi connectivity index (χ4v) is 2.35. The zero-order chi connectivity index (χ0) is 15.7. The van der Waals surface area contributed by atoms with Gasteiger partial charge < -0.3 is 10.1 Å². The standard InChI is InChI=1S/C14H21NO5S/c1-3-4-10-19-14(16)15-9-11-20-21(17,18)13-7-5-12(2)6-8-13/h5-8H,3-4,9-11H2,1-2H3,(H,15,16). The van der Waals surface area contributed by atoms with E-state index in [0.29, 0.717) is 6.61 Å². The summed E-state index contributed by atoms with van der Waals surface area (Å²) in [6, 6.07) is 6.35. The number of aryl methyl sites for hydroxylation is 1. The topological polar surface area (TPSA) is 81.7 Å². The molecule has 6 nitrogen and oxygen atoms in total. The smallest absolute Gasteiger partial charge is 0.407 e. The van der Waals surface area contributed by atoms with Gasteiger partial charge in [0.15, 0.2) is 0 Å². The lowest BCUT2D eigenvalue weighted by molar-refractivity contribution is 0.142. The molecule has 0 radical (unpaired) electrons. The number of benzene rings is 1. The van der Waals surface area contributed by atoms with Crippen molar-refractivity contribution in [3.8, 4) is 0 Å². The normalized spacial score (nSPS) is 11.1. The number of ether oxygens (including phenoxy) is 1. The number of amides is 1. The third-order valence-corrected chi connectivity index (χ3v) is 3.98. The molecule has 7 heteroatoms. The number of nitrogens with one attached hydrogen (secondary N) is 1. The van der Waals surface area contributed by atoms with Crippen molar-refractivity contribution in [2.24, 2.45) is 0 Å². The number of rotatable bonds is 8. The van der Waals surface area contributed by atoms with Crippen LogP contribution in [0.1, 0.15) is 25.3 Å². The van der Waals surface area contributed by atoms with Crippen LogP contribution in [0.4, 0.5) is 4.79 Å². The molecule has 1 rings (SSSR count). The van der Waals surface area contributed by atoms with Crippen molar-refractivity contribution in [1.82, 2.24) is 5.32 Å². The fourth-order valence-electron chi connectivity index (χ4n) is 1.44. The van der Waals surface area contributed by atoms with E-state index in [1.165, 1.54) is 12.1 Å². The third-order valence-electron chi connectivity index (χ3n) is 2.65. The van der Waals surface area contributed by atoms with Crippen LogP contribution in [0.2, 0.25) is 0 Å². The molecule has 0 unspecified atom stereocenters. The molecular formula is C14H21NO5S.